The normalized spacial score (nSPS) is 15.6. The molecule has 1 amide bonds. The molecule has 0 aliphatic carbocycles. The summed E-state index contributed by atoms with van der Waals surface area (Å²) in [4.78, 5) is 16.8. The van der Waals surface area contributed by atoms with Crippen molar-refractivity contribution in [3.05, 3.63) is 77.6 Å². The topological polar surface area (TPSA) is 35.6 Å². The van der Waals surface area contributed by atoms with Gasteiger partial charge < -0.3 is 10.2 Å². The molecule has 154 valence electrons. The van der Waals surface area contributed by atoms with Gasteiger partial charge in [-0.25, -0.2) is 4.39 Å². The van der Waals surface area contributed by atoms with Crippen molar-refractivity contribution in [1.29, 1.82) is 0 Å². The van der Waals surface area contributed by atoms with E-state index in [0.717, 1.165) is 39.3 Å². The van der Waals surface area contributed by atoms with Crippen LogP contribution in [-0.2, 0) is 11.2 Å². The summed E-state index contributed by atoms with van der Waals surface area (Å²) in [5.74, 6) is -0.173. The van der Waals surface area contributed by atoms with Crippen molar-refractivity contribution in [2.24, 2.45) is 0 Å². The molecule has 0 bridgehead atoms. The van der Waals surface area contributed by atoms with E-state index in [9.17, 15) is 9.18 Å². The minimum Gasteiger partial charge on any atom is -0.356 e. The van der Waals surface area contributed by atoms with Gasteiger partial charge in [0.2, 0.25) is 5.91 Å². The Labute approximate surface area is 173 Å². The number of rotatable bonds is 9. The van der Waals surface area contributed by atoms with Gasteiger partial charge in [-0.15, -0.1) is 0 Å². The first-order valence-corrected chi connectivity index (χ1v) is 10.4. The van der Waals surface area contributed by atoms with Gasteiger partial charge >= 0.3 is 0 Å². The number of amides is 1. The van der Waals surface area contributed by atoms with E-state index < -0.39 is 0 Å². The van der Waals surface area contributed by atoms with Crippen LogP contribution in [0, 0.1) is 5.82 Å². The van der Waals surface area contributed by atoms with Crippen molar-refractivity contribution in [2.75, 3.05) is 45.8 Å². The quantitative estimate of drug-likeness (QED) is 0.708. The second kappa shape index (κ2) is 11.5. The lowest BCUT2D eigenvalue weighted by Gasteiger charge is -2.34. The third-order valence-corrected chi connectivity index (χ3v) is 5.27. The summed E-state index contributed by atoms with van der Waals surface area (Å²) in [5, 5.41) is 2.90. The summed E-state index contributed by atoms with van der Waals surface area (Å²) in [6.07, 6.45) is 5.39. The number of hydrogen-bond acceptors (Lipinski definition) is 3. The highest BCUT2D eigenvalue weighted by molar-refractivity contribution is 5.76. The molecule has 0 atom stereocenters. The third kappa shape index (κ3) is 7.44. The first-order valence-electron chi connectivity index (χ1n) is 10.4. The fraction of sp³-hybridized carbons (Fsp3) is 0.375. The maximum Gasteiger partial charge on any atom is 0.221 e. The smallest absolute Gasteiger partial charge is 0.221 e. The Hall–Kier alpha value is -2.50. The Morgan fingerprint density at radius 3 is 2.41 bits per heavy atom. The lowest BCUT2D eigenvalue weighted by molar-refractivity contribution is -0.121. The van der Waals surface area contributed by atoms with Gasteiger partial charge in [-0.3, -0.25) is 9.69 Å². The summed E-state index contributed by atoms with van der Waals surface area (Å²) in [5.41, 5.74) is 1.87. The van der Waals surface area contributed by atoms with E-state index in [2.05, 4.69) is 51.5 Å². The van der Waals surface area contributed by atoms with Crippen molar-refractivity contribution in [1.82, 2.24) is 15.1 Å². The van der Waals surface area contributed by atoms with Gasteiger partial charge in [-0.1, -0.05) is 60.7 Å². The average molecular weight is 396 g/mol. The van der Waals surface area contributed by atoms with Gasteiger partial charge in [-0.05, 0) is 23.6 Å². The molecule has 0 unspecified atom stereocenters. The number of carbonyl (C=O) groups is 1. The van der Waals surface area contributed by atoms with Gasteiger partial charge in [0.25, 0.3) is 0 Å². The molecule has 1 aliphatic rings. The van der Waals surface area contributed by atoms with Gasteiger partial charge in [0.15, 0.2) is 0 Å². The zero-order chi connectivity index (χ0) is 20.3. The Bertz CT molecular complexity index is 786. The largest absolute Gasteiger partial charge is 0.356 e. The third-order valence-electron chi connectivity index (χ3n) is 5.27. The van der Waals surface area contributed by atoms with Gasteiger partial charge in [0, 0.05) is 52.2 Å². The molecule has 2 aromatic carbocycles. The molecular weight excluding hydrogens is 365 g/mol. The molecular formula is C24H30FN3O. The van der Waals surface area contributed by atoms with Crippen LogP contribution in [0.5, 0.6) is 0 Å². The molecule has 1 saturated heterocycles. The van der Waals surface area contributed by atoms with Crippen LogP contribution < -0.4 is 5.32 Å². The zero-order valence-corrected chi connectivity index (χ0v) is 16.9. The summed E-state index contributed by atoms with van der Waals surface area (Å²) in [7, 11) is 0. The number of piperazine rings is 1. The Morgan fingerprint density at radius 1 is 0.966 bits per heavy atom. The molecule has 0 saturated carbocycles. The van der Waals surface area contributed by atoms with Crippen LogP contribution >= 0.6 is 0 Å². The molecule has 5 heteroatoms. The molecule has 0 aromatic heterocycles. The van der Waals surface area contributed by atoms with Gasteiger partial charge in [0.1, 0.15) is 5.82 Å². The Balaban J connectivity index is 1.27. The summed E-state index contributed by atoms with van der Waals surface area (Å²) in [6, 6.07) is 17.0. The van der Waals surface area contributed by atoms with Crippen LogP contribution in [0.4, 0.5) is 4.39 Å². The highest BCUT2D eigenvalue weighted by atomic mass is 19.1. The maximum atomic E-state index is 13.6. The summed E-state index contributed by atoms with van der Waals surface area (Å²) < 4.78 is 13.6. The Kier molecular flexibility index (Phi) is 8.40. The van der Waals surface area contributed by atoms with Crippen molar-refractivity contribution >= 4 is 12.0 Å². The monoisotopic (exact) mass is 395 g/mol. The first-order chi connectivity index (χ1) is 14.2. The molecule has 2 aromatic rings. The molecule has 1 fully saturated rings. The standard InChI is InChI=1S/C24H30FN3O/c25-23-11-5-4-10-22(23)12-14-26-24(29)13-16-28-19-17-27(18-20-28)15-6-9-21-7-2-1-3-8-21/h1-11H,12-20H2,(H,26,29)/b9-6+. The fourth-order valence-electron chi connectivity index (χ4n) is 3.48. The number of nitrogens with zero attached hydrogens (tertiary/aromatic N) is 2. The van der Waals surface area contributed by atoms with E-state index in [4.69, 9.17) is 0 Å². The van der Waals surface area contributed by atoms with E-state index in [1.807, 2.05) is 12.1 Å². The molecule has 29 heavy (non-hydrogen) atoms. The van der Waals surface area contributed by atoms with E-state index in [1.165, 1.54) is 11.6 Å². The Morgan fingerprint density at radius 2 is 1.66 bits per heavy atom. The molecule has 3 rings (SSSR count). The number of carbonyl (C=O) groups excluding carboxylic acids is 1. The molecule has 1 heterocycles. The van der Waals surface area contributed by atoms with Crippen LogP contribution in [0.1, 0.15) is 17.5 Å². The second-order valence-corrected chi connectivity index (χ2v) is 7.40. The molecule has 0 radical (unpaired) electrons. The van der Waals surface area contributed by atoms with Crippen LogP contribution in [0.15, 0.2) is 60.7 Å². The number of nitrogens with one attached hydrogen (secondary N) is 1. The van der Waals surface area contributed by atoms with Crippen molar-refractivity contribution in [3.8, 4) is 0 Å². The number of benzene rings is 2. The molecule has 4 nitrogen and oxygen atoms in total. The minimum absolute atomic E-state index is 0.0366. The van der Waals surface area contributed by atoms with Crippen LogP contribution in [0.2, 0.25) is 0 Å². The van der Waals surface area contributed by atoms with Gasteiger partial charge in [0.05, 0.1) is 0 Å². The molecule has 1 N–H and O–H groups in total. The number of halogens is 1. The molecule has 0 spiro atoms. The van der Waals surface area contributed by atoms with Crippen LogP contribution in [-0.4, -0.2) is 61.5 Å². The highest BCUT2D eigenvalue weighted by Crippen LogP contribution is 2.07. The van der Waals surface area contributed by atoms with E-state index in [0.29, 0.717) is 24.9 Å². The average Bonchev–Trinajstić information content (AvgIpc) is 2.75. The molecule has 1 aliphatic heterocycles. The number of hydrogen-bond donors (Lipinski definition) is 1. The van der Waals surface area contributed by atoms with Crippen molar-refractivity contribution in [2.45, 2.75) is 12.8 Å². The summed E-state index contributed by atoms with van der Waals surface area (Å²) >= 11 is 0. The second-order valence-electron chi connectivity index (χ2n) is 7.40. The predicted molar refractivity (Wildman–Crippen MR) is 116 cm³/mol. The van der Waals surface area contributed by atoms with E-state index in [1.54, 1.807) is 12.1 Å². The fourth-order valence-corrected chi connectivity index (χ4v) is 3.48. The maximum absolute atomic E-state index is 13.6. The van der Waals surface area contributed by atoms with E-state index in [-0.39, 0.29) is 11.7 Å². The minimum atomic E-state index is -0.210. The van der Waals surface area contributed by atoms with Crippen molar-refractivity contribution < 1.29 is 9.18 Å². The lowest BCUT2D eigenvalue weighted by atomic mass is 10.1. The first kappa shape index (κ1) is 21.2. The lowest BCUT2D eigenvalue weighted by Crippen LogP contribution is -2.47. The van der Waals surface area contributed by atoms with Gasteiger partial charge in [-0.2, -0.15) is 0 Å². The van der Waals surface area contributed by atoms with Crippen molar-refractivity contribution in [3.63, 3.8) is 0 Å². The summed E-state index contributed by atoms with van der Waals surface area (Å²) in [6.45, 7) is 6.23. The van der Waals surface area contributed by atoms with Crippen LogP contribution in [0.3, 0.4) is 0 Å². The van der Waals surface area contributed by atoms with Crippen LogP contribution in [0.25, 0.3) is 6.08 Å². The SMILES string of the molecule is O=C(CCN1CCN(C/C=C/c2ccccc2)CC1)NCCc1ccccc1F. The zero-order valence-electron chi connectivity index (χ0n) is 16.9. The highest BCUT2D eigenvalue weighted by Gasteiger charge is 2.16. The predicted octanol–water partition coefficient (Wildman–Crippen LogP) is 3.21. The van der Waals surface area contributed by atoms with E-state index >= 15 is 0 Å².